The van der Waals surface area contributed by atoms with E-state index in [9.17, 15) is 4.79 Å². The van der Waals surface area contributed by atoms with Gasteiger partial charge in [0.15, 0.2) is 0 Å². The molecule has 0 saturated carbocycles. The lowest BCUT2D eigenvalue weighted by Gasteiger charge is -2.32. The molecule has 150 valence electrons. The first kappa shape index (κ1) is 23.2. The van der Waals surface area contributed by atoms with Gasteiger partial charge in [-0.25, -0.2) is 0 Å². The van der Waals surface area contributed by atoms with Gasteiger partial charge in [0, 0.05) is 5.82 Å². The summed E-state index contributed by atoms with van der Waals surface area (Å²) in [6, 6.07) is 0. The molecule has 26 heavy (non-hydrogen) atoms. The first-order valence-electron chi connectivity index (χ1n) is 10.1. The molecule has 0 spiro atoms. The van der Waals surface area contributed by atoms with Crippen molar-refractivity contribution in [2.75, 3.05) is 6.61 Å². The molecule has 1 fully saturated rings. The predicted molar refractivity (Wildman–Crippen MR) is 108 cm³/mol. The van der Waals surface area contributed by atoms with Gasteiger partial charge in [-0.2, -0.15) is 0 Å². The van der Waals surface area contributed by atoms with E-state index in [1.807, 2.05) is 20.8 Å². The van der Waals surface area contributed by atoms with E-state index in [-0.39, 0.29) is 30.1 Å². The summed E-state index contributed by atoms with van der Waals surface area (Å²) >= 11 is 0. The van der Waals surface area contributed by atoms with Gasteiger partial charge in [-0.1, -0.05) is 31.4 Å². The molecule has 1 aliphatic rings. The number of hydrogen-bond acceptors (Lipinski definition) is 4. The molecular weight excluding hydrogens is 327 g/mol. The highest BCUT2D eigenvalue weighted by molar-refractivity contribution is 6.48. The maximum Gasteiger partial charge on any atom is 0.465 e. The third-order valence-corrected chi connectivity index (χ3v) is 5.56. The molecule has 0 bridgehead atoms. The summed E-state index contributed by atoms with van der Waals surface area (Å²) < 4.78 is 17.8. The van der Waals surface area contributed by atoms with E-state index in [0.29, 0.717) is 13.0 Å². The fourth-order valence-electron chi connectivity index (χ4n) is 3.32. The molecule has 1 heterocycles. The molecule has 0 aromatic rings. The molecule has 4 nitrogen and oxygen atoms in total. The largest absolute Gasteiger partial charge is 0.466 e. The van der Waals surface area contributed by atoms with E-state index in [0.717, 1.165) is 19.3 Å². The number of carbonyl (C=O) groups excluding carboxylic acids is 1. The van der Waals surface area contributed by atoms with Crippen molar-refractivity contribution < 1.29 is 18.8 Å². The Bertz CT molecular complexity index is 492. The lowest BCUT2D eigenvalue weighted by molar-refractivity contribution is -0.153. The fourth-order valence-corrected chi connectivity index (χ4v) is 3.32. The highest BCUT2D eigenvalue weighted by atomic mass is 16.7. The van der Waals surface area contributed by atoms with Crippen LogP contribution in [0.25, 0.3) is 0 Å². The van der Waals surface area contributed by atoms with E-state index in [4.69, 9.17) is 14.0 Å². The molecule has 0 aromatic carbocycles. The zero-order chi connectivity index (χ0) is 20.2. The Balaban J connectivity index is 2.93. The molecule has 1 saturated heterocycles. The second-order valence-corrected chi connectivity index (χ2v) is 9.22. The number of hydrogen-bond donors (Lipinski definition) is 0. The number of esters is 1. The monoisotopic (exact) mass is 366 g/mol. The summed E-state index contributed by atoms with van der Waals surface area (Å²) in [7, 11) is -0.243. The van der Waals surface area contributed by atoms with Crippen molar-refractivity contribution in [1.82, 2.24) is 0 Å². The van der Waals surface area contributed by atoms with E-state index >= 15 is 0 Å². The number of allylic oxidation sites excluding steroid dienone is 2. The van der Waals surface area contributed by atoms with Crippen LogP contribution in [0.15, 0.2) is 11.6 Å². The maximum atomic E-state index is 12.2. The Labute approximate surface area is 161 Å². The lowest BCUT2D eigenvalue weighted by Crippen LogP contribution is -2.41. The van der Waals surface area contributed by atoms with E-state index in [1.54, 1.807) is 0 Å². The van der Waals surface area contributed by atoms with Crippen LogP contribution in [0.2, 0.25) is 5.82 Å². The van der Waals surface area contributed by atoms with Crippen LogP contribution in [0.3, 0.4) is 0 Å². The van der Waals surface area contributed by atoms with Gasteiger partial charge in [-0.3, -0.25) is 4.79 Å². The zero-order valence-corrected chi connectivity index (χ0v) is 18.4. The zero-order valence-electron chi connectivity index (χ0n) is 18.4. The van der Waals surface area contributed by atoms with Crippen LogP contribution in [-0.2, 0) is 18.8 Å². The summed E-state index contributed by atoms with van der Waals surface area (Å²) in [6.45, 7) is 18.8. The van der Waals surface area contributed by atoms with Gasteiger partial charge in [0.2, 0.25) is 0 Å². The minimum absolute atomic E-state index is 0.145. The molecule has 1 rings (SSSR count). The highest BCUT2D eigenvalue weighted by Crippen LogP contribution is 2.42. The molecular formula is C21H39BO4. The van der Waals surface area contributed by atoms with E-state index < -0.39 is 5.41 Å². The number of ether oxygens (including phenoxy) is 1. The summed E-state index contributed by atoms with van der Waals surface area (Å²) in [5.41, 5.74) is 0.00291. The Hall–Kier alpha value is -0.805. The molecule has 1 unspecified atom stereocenters. The van der Waals surface area contributed by atoms with Crippen molar-refractivity contribution in [1.29, 1.82) is 0 Å². The molecule has 1 aliphatic heterocycles. The first-order chi connectivity index (χ1) is 11.9. The quantitative estimate of drug-likeness (QED) is 0.304. The van der Waals surface area contributed by atoms with Gasteiger partial charge in [-0.05, 0) is 68.2 Å². The van der Waals surface area contributed by atoms with Crippen LogP contribution < -0.4 is 0 Å². The summed E-state index contributed by atoms with van der Waals surface area (Å²) in [4.78, 5) is 12.2. The highest BCUT2D eigenvalue weighted by Gasteiger charge is 2.53. The average Bonchev–Trinajstić information content (AvgIpc) is 2.71. The van der Waals surface area contributed by atoms with Gasteiger partial charge < -0.3 is 14.0 Å². The van der Waals surface area contributed by atoms with Gasteiger partial charge in [-0.15, -0.1) is 0 Å². The normalized spacial score (nSPS) is 21.0. The van der Waals surface area contributed by atoms with Crippen molar-refractivity contribution in [3.05, 3.63) is 11.6 Å². The summed E-state index contributed by atoms with van der Waals surface area (Å²) in [5.74, 6) is 0.0440. The van der Waals surface area contributed by atoms with Crippen molar-refractivity contribution in [3.63, 3.8) is 0 Å². The van der Waals surface area contributed by atoms with E-state index in [1.165, 1.54) is 5.57 Å². The third kappa shape index (κ3) is 5.85. The Morgan fingerprint density at radius 3 is 2.15 bits per heavy atom. The third-order valence-electron chi connectivity index (χ3n) is 5.56. The molecule has 0 aliphatic carbocycles. The fraction of sp³-hybridized carbons (Fsp3) is 0.857. The van der Waals surface area contributed by atoms with Gasteiger partial charge >= 0.3 is 13.1 Å². The second-order valence-electron chi connectivity index (χ2n) is 9.22. The van der Waals surface area contributed by atoms with Gasteiger partial charge in [0.1, 0.15) is 0 Å². The second kappa shape index (κ2) is 8.92. The average molecular weight is 366 g/mol. The van der Waals surface area contributed by atoms with Crippen LogP contribution in [-0.4, -0.2) is 30.9 Å². The van der Waals surface area contributed by atoms with Crippen LogP contribution in [0.4, 0.5) is 0 Å². The Morgan fingerprint density at radius 1 is 1.15 bits per heavy atom. The van der Waals surface area contributed by atoms with Crippen LogP contribution in [0, 0.1) is 5.41 Å². The predicted octanol–water partition coefficient (Wildman–Crippen LogP) is 5.56. The van der Waals surface area contributed by atoms with Crippen LogP contribution in [0.1, 0.15) is 88.0 Å². The lowest BCUT2D eigenvalue weighted by atomic mass is 9.68. The minimum atomic E-state index is -0.526. The Morgan fingerprint density at radius 2 is 1.69 bits per heavy atom. The van der Waals surface area contributed by atoms with Crippen LogP contribution in [0.5, 0.6) is 0 Å². The standard InChI is InChI=1S/C21H39BO4/c1-10-12-13-17(22-25-20(6,7)21(8,9)26-22)14-16(3)15-19(4,5)18(23)24-11-2/h14,17H,10-13,15H2,1-9H3/b16-14+. The van der Waals surface area contributed by atoms with Crippen molar-refractivity contribution in [2.24, 2.45) is 5.41 Å². The van der Waals surface area contributed by atoms with Gasteiger partial charge in [0.05, 0.1) is 23.2 Å². The summed E-state index contributed by atoms with van der Waals surface area (Å²) in [6.07, 6.45) is 6.20. The number of rotatable bonds is 9. The van der Waals surface area contributed by atoms with Crippen LogP contribution >= 0.6 is 0 Å². The summed E-state index contributed by atoms with van der Waals surface area (Å²) in [5, 5.41) is 0. The maximum absolute atomic E-state index is 12.2. The topological polar surface area (TPSA) is 44.8 Å². The molecule has 0 amide bonds. The molecule has 1 atom stereocenters. The molecule has 0 N–H and O–H groups in total. The smallest absolute Gasteiger partial charge is 0.465 e. The number of carbonyl (C=O) groups is 1. The van der Waals surface area contributed by atoms with Crippen molar-refractivity contribution in [2.45, 2.75) is 105 Å². The molecule has 0 radical (unpaired) electrons. The molecule has 5 heteroatoms. The first-order valence-corrected chi connectivity index (χ1v) is 10.1. The minimum Gasteiger partial charge on any atom is -0.466 e. The van der Waals surface area contributed by atoms with E-state index in [2.05, 4.69) is 47.6 Å². The van der Waals surface area contributed by atoms with Gasteiger partial charge in [0.25, 0.3) is 0 Å². The Kier molecular flexibility index (Phi) is 7.97. The van der Waals surface area contributed by atoms with Crippen molar-refractivity contribution in [3.8, 4) is 0 Å². The molecule has 0 aromatic heterocycles. The number of unbranched alkanes of at least 4 members (excludes halogenated alkanes) is 1. The SMILES string of the molecule is CCCCC(/C=C(\C)CC(C)(C)C(=O)OCC)B1OC(C)(C)C(C)(C)O1. The van der Waals surface area contributed by atoms with Crippen molar-refractivity contribution >= 4 is 13.1 Å².